The molecule has 0 spiro atoms. The van der Waals surface area contributed by atoms with Crippen LogP contribution in [0, 0.1) is 46.8 Å². The van der Waals surface area contributed by atoms with Crippen LogP contribution in [0.3, 0.4) is 0 Å². The number of ketones is 1. The van der Waals surface area contributed by atoms with E-state index in [9.17, 15) is 4.79 Å². The second-order valence-corrected chi connectivity index (χ2v) is 12.3. The van der Waals surface area contributed by atoms with E-state index in [1.807, 2.05) is 6.07 Å². The van der Waals surface area contributed by atoms with Gasteiger partial charge in [0, 0.05) is 11.5 Å². The zero-order valence-corrected chi connectivity index (χ0v) is 23.0. The van der Waals surface area contributed by atoms with Gasteiger partial charge in [0.15, 0.2) is 5.78 Å². The van der Waals surface area contributed by atoms with Gasteiger partial charge in [-0.1, -0.05) is 38.5 Å². The zero-order chi connectivity index (χ0) is 24.7. The van der Waals surface area contributed by atoms with Crippen LogP contribution < -0.4 is 4.74 Å². The van der Waals surface area contributed by atoms with Crippen LogP contribution in [-0.4, -0.2) is 19.1 Å². The van der Waals surface area contributed by atoms with E-state index in [0.29, 0.717) is 5.78 Å². The van der Waals surface area contributed by atoms with Crippen LogP contribution in [0.4, 0.5) is 0 Å². The van der Waals surface area contributed by atoms with Crippen molar-refractivity contribution >= 4 is 29.2 Å². The molecule has 0 radical (unpaired) electrons. The molecule has 2 nitrogen and oxygen atoms in total. The van der Waals surface area contributed by atoms with Crippen molar-refractivity contribution in [2.24, 2.45) is 46.8 Å². The average Bonchev–Trinajstić information content (AvgIpc) is 3.25. The maximum Gasteiger partial charge on any atom is 0.166 e. The molecule has 4 fully saturated rings. The lowest BCUT2D eigenvalue weighted by Crippen LogP contribution is -2.49. The van der Waals surface area contributed by atoms with Crippen LogP contribution in [0.5, 0.6) is 5.75 Å². The van der Waals surface area contributed by atoms with Crippen LogP contribution in [0.2, 0.25) is 0 Å². The lowest BCUT2D eigenvalue weighted by molar-refractivity contribution is -0.0634. The summed E-state index contributed by atoms with van der Waals surface area (Å²) in [6, 6.07) is 12.4. The molecule has 0 amide bonds. The first-order valence-electron chi connectivity index (χ1n) is 14.0. The molecule has 8 unspecified atom stereocenters. The van der Waals surface area contributed by atoms with Crippen molar-refractivity contribution in [3.05, 3.63) is 42.0 Å². The third kappa shape index (κ3) is 4.34. The number of rotatable bonds is 3. The van der Waals surface area contributed by atoms with Gasteiger partial charge in [0.05, 0.1) is 7.11 Å². The summed E-state index contributed by atoms with van der Waals surface area (Å²) in [4.78, 5) is 13.9. The molecule has 0 aromatic heterocycles. The molecule has 0 heterocycles. The van der Waals surface area contributed by atoms with Gasteiger partial charge in [-0.3, -0.25) is 4.79 Å². The summed E-state index contributed by atoms with van der Waals surface area (Å²) in [6.07, 6.45) is 14.0. The second-order valence-electron chi connectivity index (χ2n) is 12.3. The van der Waals surface area contributed by atoms with Crippen LogP contribution >= 0.6 is 12.6 Å². The fourth-order valence-electron chi connectivity index (χ4n) is 9.22. The highest BCUT2D eigenvalue weighted by atomic mass is 32.1. The largest absolute Gasteiger partial charge is 0.497 e. The van der Waals surface area contributed by atoms with Crippen LogP contribution in [-0.2, 0) is 0 Å². The normalized spacial score (nSPS) is 37.9. The number of thiol groups is 1. The van der Waals surface area contributed by atoms with E-state index < -0.39 is 0 Å². The standard InChI is InChI=1S/C31H40O2.CH4S/c1-19-4-10-25-22(16-19)8-11-27-26(25)14-15-31(2)28(27)12-13-29(31)30(32)23-6-5-21-18-24(33-3)9-7-20(21)17-23;1-2/h5-7,9,17-19,22,25-29H,4,8,10-16H2,1-3H3;2H,1H3. The summed E-state index contributed by atoms with van der Waals surface area (Å²) < 4.78 is 5.37. The predicted molar refractivity (Wildman–Crippen MR) is 150 cm³/mol. The third-order valence-electron chi connectivity index (χ3n) is 10.9. The van der Waals surface area contributed by atoms with Gasteiger partial charge in [-0.2, -0.15) is 12.6 Å². The van der Waals surface area contributed by atoms with Crippen molar-refractivity contribution in [1.29, 1.82) is 0 Å². The Morgan fingerprint density at radius 2 is 1.63 bits per heavy atom. The molecule has 2 aromatic rings. The molecule has 8 atom stereocenters. The van der Waals surface area contributed by atoms with E-state index in [1.54, 1.807) is 13.4 Å². The highest BCUT2D eigenvalue weighted by molar-refractivity contribution is 7.79. The molecule has 0 bridgehead atoms. The lowest BCUT2D eigenvalue weighted by atomic mass is 9.49. The number of Topliss-reactive ketones (excluding diaryl/α,β-unsaturated/α-hetero) is 1. The van der Waals surface area contributed by atoms with Crippen molar-refractivity contribution in [1.82, 2.24) is 0 Å². The molecule has 0 saturated heterocycles. The highest BCUT2D eigenvalue weighted by Gasteiger charge is 2.58. The molecule has 4 aliphatic carbocycles. The Hall–Kier alpha value is -1.48. The molecule has 0 aliphatic heterocycles. The first-order chi connectivity index (χ1) is 17.0. The Morgan fingerprint density at radius 3 is 2.43 bits per heavy atom. The van der Waals surface area contributed by atoms with Gasteiger partial charge < -0.3 is 4.74 Å². The number of carbonyl (C=O) groups excluding carboxylic acids is 1. The number of benzene rings is 2. The third-order valence-corrected chi connectivity index (χ3v) is 10.9. The van der Waals surface area contributed by atoms with Crippen molar-refractivity contribution < 1.29 is 9.53 Å². The predicted octanol–water partition coefficient (Wildman–Crippen LogP) is 8.48. The van der Waals surface area contributed by atoms with Gasteiger partial charge in [-0.05, 0) is 128 Å². The summed E-state index contributed by atoms with van der Waals surface area (Å²) in [5.41, 5.74) is 1.11. The molecule has 35 heavy (non-hydrogen) atoms. The van der Waals surface area contributed by atoms with E-state index in [4.69, 9.17) is 4.74 Å². The molecule has 6 rings (SSSR count). The van der Waals surface area contributed by atoms with E-state index in [-0.39, 0.29) is 11.3 Å². The van der Waals surface area contributed by atoms with Gasteiger partial charge in [0.2, 0.25) is 0 Å². The minimum atomic E-state index is 0.196. The number of carbonyl (C=O) groups is 1. The second kappa shape index (κ2) is 10.1. The SMILES string of the molecule is COc1ccc2cc(C(=O)C3CCC4C5CCC6CC(C)CCC6C5CCC34C)ccc2c1.CS. The van der Waals surface area contributed by atoms with Crippen LogP contribution in [0.1, 0.15) is 82.0 Å². The van der Waals surface area contributed by atoms with E-state index in [0.717, 1.165) is 64.0 Å². The Labute approximate surface area is 218 Å². The highest BCUT2D eigenvalue weighted by Crippen LogP contribution is 2.64. The molecule has 4 aliphatic rings. The smallest absolute Gasteiger partial charge is 0.166 e. The van der Waals surface area contributed by atoms with Gasteiger partial charge in [0.25, 0.3) is 0 Å². The summed E-state index contributed by atoms with van der Waals surface area (Å²) >= 11 is 3.53. The minimum absolute atomic E-state index is 0.196. The molecule has 3 heteroatoms. The van der Waals surface area contributed by atoms with Crippen molar-refractivity contribution in [3.63, 3.8) is 0 Å². The Bertz CT molecular complexity index is 1060. The molecule has 190 valence electrons. The quantitative estimate of drug-likeness (QED) is 0.343. The number of fused-ring (bicyclic) bond motifs is 6. The first kappa shape index (κ1) is 25.2. The zero-order valence-electron chi connectivity index (χ0n) is 22.1. The van der Waals surface area contributed by atoms with Crippen molar-refractivity contribution in [2.45, 2.75) is 71.6 Å². The van der Waals surface area contributed by atoms with Gasteiger partial charge in [0.1, 0.15) is 5.75 Å². The maximum absolute atomic E-state index is 13.9. The molecule has 0 N–H and O–H groups in total. The fraction of sp³-hybridized carbons (Fsp3) is 0.656. The number of methoxy groups -OCH3 is 1. The van der Waals surface area contributed by atoms with Crippen LogP contribution in [0.25, 0.3) is 10.8 Å². The topological polar surface area (TPSA) is 26.3 Å². The Morgan fingerprint density at radius 1 is 0.886 bits per heavy atom. The number of ether oxygens (including phenoxy) is 1. The fourth-order valence-corrected chi connectivity index (χ4v) is 9.22. The van der Waals surface area contributed by atoms with E-state index in [2.05, 4.69) is 56.8 Å². The minimum Gasteiger partial charge on any atom is -0.497 e. The lowest BCUT2D eigenvalue weighted by Gasteiger charge is -2.56. The van der Waals surface area contributed by atoms with E-state index in [1.165, 1.54) is 51.4 Å². The molecular weight excluding hydrogens is 448 g/mol. The Balaban J connectivity index is 0.00000124. The van der Waals surface area contributed by atoms with E-state index >= 15 is 0 Å². The molecule has 4 saturated carbocycles. The van der Waals surface area contributed by atoms with Gasteiger partial charge >= 0.3 is 0 Å². The monoisotopic (exact) mass is 492 g/mol. The number of hydrogen-bond donors (Lipinski definition) is 1. The molecular formula is C32H44O2S. The van der Waals surface area contributed by atoms with Crippen molar-refractivity contribution in [2.75, 3.05) is 13.4 Å². The summed E-state index contributed by atoms with van der Waals surface area (Å²) in [5.74, 6) is 6.96. The summed E-state index contributed by atoms with van der Waals surface area (Å²) in [7, 11) is 1.70. The van der Waals surface area contributed by atoms with Crippen molar-refractivity contribution in [3.8, 4) is 5.75 Å². The Kier molecular flexibility index (Phi) is 7.28. The number of hydrogen-bond acceptors (Lipinski definition) is 3. The summed E-state index contributed by atoms with van der Waals surface area (Å²) in [6.45, 7) is 4.96. The first-order valence-corrected chi connectivity index (χ1v) is 14.9. The van der Waals surface area contributed by atoms with Crippen LogP contribution in [0.15, 0.2) is 36.4 Å². The maximum atomic E-state index is 13.9. The van der Waals surface area contributed by atoms with Gasteiger partial charge in [-0.15, -0.1) is 0 Å². The average molecular weight is 493 g/mol. The summed E-state index contributed by atoms with van der Waals surface area (Å²) in [5, 5.41) is 2.27. The molecule has 2 aromatic carbocycles. The van der Waals surface area contributed by atoms with Gasteiger partial charge in [-0.25, -0.2) is 0 Å².